The molecular weight excluding hydrogens is 270 g/mol. The first-order valence-corrected chi connectivity index (χ1v) is 7.18. The lowest BCUT2D eigenvalue weighted by atomic mass is 10.1. The van der Waals surface area contributed by atoms with Gasteiger partial charge in [-0.25, -0.2) is 0 Å². The largest absolute Gasteiger partial charge is 0.451 e. The van der Waals surface area contributed by atoms with E-state index in [-0.39, 0.29) is 12.0 Å². The van der Waals surface area contributed by atoms with Gasteiger partial charge in [0.1, 0.15) is 5.58 Å². The molecule has 0 saturated carbocycles. The monoisotopic (exact) mass is 289 g/mol. The molecule has 0 spiro atoms. The van der Waals surface area contributed by atoms with Crippen LogP contribution in [0.4, 0.5) is 0 Å². The lowest BCUT2D eigenvalue weighted by Crippen LogP contribution is -2.32. The highest BCUT2D eigenvalue weighted by Gasteiger charge is 2.22. The van der Waals surface area contributed by atoms with E-state index in [2.05, 4.69) is 5.32 Å². The van der Waals surface area contributed by atoms with Gasteiger partial charge < -0.3 is 19.2 Å². The van der Waals surface area contributed by atoms with Gasteiger partial charge in [-0.3, -0.25) is 4.79 Å². The highest BCUT2D eigenvalue weighted by atomic mass is 16.5. The normalized spacial score (nSPS) is 18.2. The molecular formula is C16H19NO4. The highest BCUT2D eigenvalue weighted by molar-refractivity contribution is 5.99. The molecule has 1 aliphatic rings. The Morgan fingerprint density at radius 2 is 2.29 bits per heavy atom. The maximum absolute atomic E-state index is 12.4. The lowest BCUT2D eigenvalue weighted by Gasteiger charge is -2.10. The Morgan fingerprint density at radius 1 is 1.43 bits per heavy atom. The zero-order valence-electron chi connectivity index (χ0n) is 12.1. The zero-order chi connectivity index (χ0) is 14.7. The maximum Gasteiger partial charge on any atom is 0.287 e. The smallest absolute Gasteiger partial charge is 0.287 e. The van der Waals surface area contributed by atoms with Crippen molar-refractivity contribution < 1.29 is 18.7 Å². The molecule has 0 radical (unpaired) electrons. The Kier molecular flexibility index (Phi) is 4.22. The van der Waals surface area contributed by atoms with Crippen LogP contribution in [0.2, 0.25) is 0 Å². The van der Waals surface area contributed by atoms with Crippen LogP contribution in [0.25, 0.3) is 11.0 Å². The van der Waals surface area contributed by atoms with E-state index in [1.165, 1.54) is 0 Å². The molecule has 0 bridgehead atoms. The van der Waals surface area contributed by atoms with E-state index in [0.29, 0.717) is 24.5 Å². The lowest BCUT2D eigenvalue weighted by molar-refractivity contribution is 0.0832. The molecule has 3 rings (SSSR count). The first kappa shape index (κ1) is 14.1. The number of fused-ring (bicyclic) bond motifs is 1. The van der Waals surface area contributed by atoms with Crippen LogP contribution in [0, 0.1) is 0 Å². The highest BCUT2D eigenvalue weighted by Crippen LogP contribution is 2.26. The van der Waals surface area contributed by atoms with Crippen LogP contribution in [0.3, 0.4) is 0 Å². The number of methoxy groups -OCH3 is 1. The van der Waals surface area contributed by atoms with E-state index < -0.39 is 0 Å². The Morgan fingerprint density at radius 3 is 3.05 bits per heavy atom. The van der Waals surface area contributed by atoms with Gasteiger partial charge in [0.25, 0.3) is 5.91 Å². The second-order valence-corrected chi connectivity index (χ2v) is 5.18. The molecule has 2 aromatic rings. The van der Waals surface area contributed by atoms with Crippen LogP contribution < -0.4 is 5.32 Å². The van der Waals surface area contributed by atoms with Gasteiger partial charge >= 0.3 is 0 Å². The van der Waals surface area contributed by atoms with Crippen LogP contribution in [-0.2, 0) is 16.1 Å². The van der Waals surface area contributed by atoms with Gasteiger partial charge in [0.05, 0.1) is 12.7 Å². The molecule has 112 valence electrons. The Bertz CT molecular complexity index is 628. The Labute approximate surface area is 123 Å². The summed E-state index contributed by atoms with van der Waals surface area (Å²) in [6, 6.07) is 7.59. The number of ether oxygens (including phenoxy) is 2. The molecule has 2 heterocycles. The second-order valence-electron chi connectivity index (χ2n) is 5.18. The van der Waals surface area contributed by atoms with E-state index >= 15 is 0 Å². The van der Waals surface area contributed by atoms with Gasteiger partial charge in [0.2, 0.25) is 0 Å². The summed E-state index contributed by atoms with van der Waals surface area (Å²) in [5, 5.41) is 3.81. The number of amides is 1. The standard InChI is InChI=1S/C16H19NO4/c1-19-10-13-12-6-2-3-7-14(12)21-15(13)16(18)17-9-11-5-4-8-20-11/h2-3,6-7,11H,4-5,8-10H2,1H3,(H,17,18)/t11-/m1/s1. The van der Waals surface area contributed by atoms with Gasteiger partial charge in [-0.2, -0.15) is 0 Å². The van der Waals surface area contributed by atoms with Gasteiger partial charge in [0, 0.05) is 31.2 Å². The van der Waals surface area contributed by atoms with E-state index in [4.69, 9.17) is 13.9 Å². The molecule has 1 saturated heterocycles. The first-order chi connectivity index (χ1) is 10.3. The minimum absolute atomic E-state index is 0.115. The van der Waals surface area contributed by atoms with Crippen molar-refractivity contribution in [3.8, 4) is 0 Å². The van der Waals surface area contributed by atoms with Crippen molar-refractivity contribution in [3.05, 3.63) is 35.6 Å². The van der Waals surface area contributed by atoms with Crippen LogP contribution in [-0.4, -0.2) is 32.3 Å². The number of carbonyl (C=O) groups excluding carboxylic acids is 1. The summed E-state index contributed by atoms with van der Waals surface area (Å²) >= 11 is 0. The average Bonchev–Trinajstić information content (AvgIpc) is 3.13. The number of nitrogens with one attached hydrogen (secondary N) is 1. The fraction of sp³-hybridized carbons (Fsp3) is 0.438. The molecule has 1 aromatic carbocycles. The van der Waals surface area contributed by atoms with E-state index in [0.717, 1.165) is 30.4 Å². The Balaban J connectivity index is 1.80. The minimum Gasteiger partial charge on any atom is -0.451 e. The van der Waals surface area contributed by atoms with Crippen LogP contribution in [0.15, 0.2) is 28.7 Å². The number of para-hydroxylation sites is 1. The number of hydrogen-bond donors (Lipinski definition) is 1. The van der Waals surface area contributed by atoms with Crippen molar-refractivity contribution in [1.82, 2.24) is 5.32 Å². The quantitative estimate of drug-likeness (QED) is 0.918. The zero-order valence-corrected chi connectivity index (χ0v) is 12.1. The van der Waals surface area contributed by atoms with E-state index in [1.807, 2.05) is 24.3 Å². The van der Waals surface area contributed by atoms with Gasteiger partial charge in [-0.05, 0) is 18.9 Å². The third-order valence-electron chi connectivity index (χ3n) is 3.71. The molecule has 1 amide bonds. The van der Waals surface area contributed by atoms with Gasteiger partial charge in [-0.15, -0.1) is 0 Å². The summed E-state index contributed by atoms with van der Waals surface area (Å²) in [6.45, 7) is 1.64. The van der Waals surface area contributed by atoms with Crippen molar-refractivity contribution in [2.45, 2.75) is 25.6 Å². The van der Waals surface area contributed by atoms with Gasteiger partial charge in [0.15, 0.2) is 5.76 Å². The number of furan rings is 1. The molecule has 5 nitrogen and oxygen atoms in total. The van der Waals surface area contributed by atoms with Crippen LogP contribution in [0.1, 0.15) is 29.0 Å². The average molecular weight is 289 g/mol. The fourth-order valence-corrected chi connectivity index (χ4v) is 2.66. The SMILES string of the molecule is COCc1c(C(=O)NC[C@H]2CCCO2)oc2ccccc12. The topological polar surface area (TPSA) is 60.7 Å². The van der Waals surface area contributed by atoms with Crippen LogP contribution >= 0.6 is 0 Å². The molecule has 1 aliphatic heterocycles. The van der Waals surface area contributed by atoms with Crippen molar-refractivity contribution >= 4 is 16.9 Å². The van der Waals surface area contributed by atoms with Crippen molar-refractivity contribution in [2.24, 2.45) is 0 Å². The number of hydrogen-bond acceptors (Lipinski definition) is 4. The predicted octanol–water partition coefficient (Wildman–Crippen LogP) is 2.49. The summed E-state index contributed by atoms with van der Waals surface area (Å²) in [4.78, 5) is 12.4. The summed E-state index contributed by atoms with van der Waals surface area (Å²) < 4.78 is 16.4. The maximum atomic E-state index is 12.4. The summed E-state index contributed by atoms with van der Waals surface area (Å²) in [5.74, 6) is 0.116. The van der Waals surface area contributed by atoms with E-state index in [9.17, 15) is 4.79 Å². The Hall–Kier alpha value is -1.85. The summed E-state index contributed by atoms with van der Waals surface area (Å²) in [5.41, 5.74) is 1.49. The molecule has 5 heteroatoms. The van der Waals surface area contributed by atoms with Crippen molar-refractivity contribution in [3.63, 3.8) is 0 Å². The molecule has 1 N–H and O–H groups in total. The minimum atomic E-state index is -0.214. The van der Waals surface area contributed by atoms with Crippen molar-refractivity contribution in [1.29, 1.82) is 0 Å². The number of carbonyl (C=O) groups is 1. The van der Waals surface area contributed by atoms with E-state index in [1.54, 1.807) is 7.11 Å². The summed E-state index contributed by atoms with van der Waals surface area (Å²) in [7, 11) is 1.61. The number of rotatable bonds is 5. The third kappa shape index (κ3) is 2.94. The van der Waals surface area contributed by atoms with Crippen molar-refractivity contribution in [2.75, 3.05) is 20.3 Å². The first-order valence-electron chi connectivity index (χ1n) is 7.18. The fourth-order valence-electron chi connectivity index (χ4n) is 2.66. The second kappa shape index (κ2) is 6.28. The third-order valence-corrected chi connectivity index (χ3v) is 3.71. The molecule has 1 aromatic heterocycles. The molecule has 0 unspecified atom stereocenters. The molecule has 21 heavy (non-hydrogen) atoms. The molecule has 1 atom stereocenters. The number of benzene rings is 1. The molecule has 1 fully saturated rings. The molecule has 0 aliphatic carbocycles. The summed E-state index contributed by atoms with van der Waals surface area (Å²) in [6.07, 6.45) is 2.16. The van der Waals surface area contributed by atoms with Gasteiger partial charge in [-0.1, -0.05) is 18.2 Å². The van der Waals surface area contributed by atoms with Crippen LogP contribution in [0.5, 0.6) is 0 Å². The predicted molar refractivity (Wildman–Crippen MR) is 78.2 cm³/mol.